The fourth-order valence-corrected chi connectivity index (χ4v) is 2.56. The molecule has 1 aromatic heterocycles. The van der Waals surface area contributed by atoms with Crippen molar-refractivity contribution in [3.63, 3.8) is 0 Å². The molecule has 0 spiro atoms. The van der Waals surface area contributed by atoms with Crippen LogP contribution in [0.3, 0.4) is 0 Å². The molecule has 2 heterocycles. The standard InChI is InChI=1S/C16H18N4O2/c17-8-14-6-7-15(20(14)18)13-9-19(10-13)16(21)22-11-12-4-2-1-3-5-12/h1-8,13,17H,9-11,18H2. The summed E-state index contributed by atoms with van der Waals surface area (Å²) < 4.78 is 6.79. The Morgan fingerprint density at radius 2 is 2.00 bits per heavy atom. The number of carbonyl (C=O) groups is 1. The lowest BCUT2D eigenvalue weighted by molar-refractivity contribution is 0.0654. The van der Waals surface area contributed by atoms with E-state index < -0.39 is 0 Å². The van der Waals surface area contributed by atoms with Crippen LogP contribution < -0.4 is 5.84 Å². The minimum atomic E-state index is -0.303. The van der Waals surface area contributed by atoms with Crippen LogP contribution in [0.5, 0.6) is 0 Å². The van der Waals surface area contributed by atoms with Crippen LogP contribution in [0.15, 0.2) is 42.5 Å². The number of benzene rings is 1. The molecule has 3 rings (SSSR count). The fraction of sp³-hybridized carbons (Fsp3) is 0.250. The number of amides is 1. The molecule has 1 fully saturated rings. The third-order valence-electron chi connectivity index (χ3n) is 3.89. The topological polar surface area (TPSA) is 84.3 Å². The maximum absolute atomic E-state index is 12.0. The highest BCUT2D eigenvalue weighted by Gasteiger charge is 2.34. The molecule has 0 unspecified atom stereocenters. The summed E-state index contributed by atoms with van der Waals surface area (Å²) in [7, 11) is 0. The third-order valence-corrected chi connectivity index (χ3v) is 3.89. The molecule has 1 aliphatic heterocycles. The molecule has 6 nitrogen and oxygen atoms in total. The number of ether oxygens (including phenoxy) is 1. The summed E-state index contributed by atoms with van der Waals surface area (Å²) in [6, 6.07) is 13.3. The maximum Gasteiger partial charge on any atom is 0.410 e. The van der Waals surface area contributed by atoms with E-state index in [9.17, 15) is 4.79 Å². The summed E-state index contributed by atoms with van der Waals surface area (Å²) in [4.78, 5) is 13.6. The molecular weight excluding hydrogens is 280 g/mol. The van der Waals surface area contributed by atoms with Crippen LogP contribution in [0.25, 0.3) is 0 Å². The molecule has 0 atom stereocenters. The molecule has 3 N–H and O–H groups in total. The Bertz CT molecular complexity index is 675. The van der Waals surface area contributed by atoms with Crippen LogP contribution in [0.1, 0.15) is 22.9 Å². The van der Waals surface area contributed by atoms with Gasteiger partial charge in [0.15, 0.2) is 0 Å². The van der Waals surface area contributed by atoms with Crippen molar-refractivity contribution in [3.05, 3.63) is 59.4 Å². The Hall–Kier alpha value is -2.76. The van der Waals surface area contributed by atoms with Crippen molar-refractivity contribution < 1.29 is 9.53 Å². The van der Waals surface area contributed by atoms with Crippen molar-refractivity contribution >= 4 is 12.3 Å². The van der Waals surface area contributed by atoms with E-state index in [4.69, 9.17) is 16.0 Å². The van der Waals surface area contributed by atoms with Crippen molar-refractivity contribution in [2.45, 2.75) is 12.5 Å². The predicted molar refractivity (Wildman–Crippen MR) is 83.4 cm³/mol. The van der Waals surface area contributed by atoms with E-state index in [1.54, 1.807) is 11.0 Å². The van der Waals surface area contributed by atoms with E-state index >= 15 is 0 Å². The average Bonchev–Trinajstić information content (AvgIpc) is 2.86. The zero-order valence-corrected chi connectivity index (χ0v) is 12.1. The minimum absolute atomic E-state index is 0.197. The number of nitrogens with one attached hydrogen (secondary N) is 1. The normalized spacial score (nSPS) is 14.5. The molecule has 22 heavy (non-hydrogen) atoms. The molecule has 1 aliphatic rings. The number of hydrogen-bond acceptors (Lipinski definition) is 4. The number of nitrogens with zero attached hydrogens (tertiary/aromatic N) is 2. The Labute approximate surface area is 128 Å². The van der Waals surface area contributed by atoms with Gasteiger partial charge in [-0.25, -0.2) is 4.79 Å². The zero-order chi connectivity index (χ0) is 15.5. The van der Waals surface area contributed by atoms with Gasteiger partial charge in [0.2, 0.25) is 0 Å². The van der Waals surface area contributed by atoms with Gasteiger partial charge >= 0.3 is 6.09 Å². The first kappa shape index (κ1) is 14.2. The molecule has 0 saturated carbocycles. The Morgan fingerprint density at radius 3 is 2.64 bits per heavy atom. The number of nitrogens with two attached hydrogens (primary N) is 1. The van der Waals surface area contributed by atoms with Gasteiger partial charge < -0.3 is 20.9 Å². The molecule has 1 saturated heterocycles. The summed E-state index contributed by atoms with van der Waals surface area (Å²) in [5.74, 6) is 6.11. The number of likely N-dealkylation sites (tertiary alicyclic amines) is 1. The molecular formula is C16H18N4O2. The maximum atomic E-state index is 12.0. The van der Waals surface area contributed by atoms with Crippen molar-refractivity contribution in [1.82, 2.24) is 9.58 Å². The van der Waals surface area contributed by atoms with E-state index in [1.807, 2.05) is 36.4 Å². The highest BCUT2D eigenvalue weighted by atomic mass is 16.6. The van der Waals surface area contributed by atoms with Crippen molar-refractivity contribution in [3.8, 4) is 0 Å². The Balaban J connectivity index is 1.51. The van der Waals surface area contributed by atoms with Crippen molar-refractivity contribution in [2.24, 2.45) is 0 Å². The van der Waals surface area contributed by atoms with E-state index in [0.29, 0.717) is 18.8 Å². The largest absolute Gasteiger partial charge is 0.445 e. The molecule has 0 bridgehead atoms. The van der Waals surface area contributed by atoms with Crippen molar-refractivity contribution in [2.75, 3.05) is 18.9 Å². The summed E-state index contributed by atoms with van der Waals surface area (Å²) in [6.07, 6.45) is 0.913. The van der Waals surface area contributed by atoms with Crippen LogP contribution in [0.4, 0.5) is 4.79 Å². The van der Waals surface area contributed by atoms with Gasteiger partial charge in [0.25, 0.3) is 0 Å². The van der Waals surface area contributed by atoms with Crippen LogP contribution in [-0.4, -0.2) is 35.0 Å². The second-order valence-electron chi connectivity index (χ2n) is 5.34. The molecule has 1 amide bonds. The molecule has 0 aliphatic carbocycles. The number of rotatable bonds is 4. The number of carbonyl (C=O) groups excluding carboxylic acids is 1. The van der Waals surface area contributed by atoms with Gasteiger partial charge in [0.05, 0.1) is 5.69 Å². The van der Waals surface area contributed by atoms with Crippen LogP contribution in [0.2, 0.25) is 0 Å². The van der Waals surface area contributed by atoms with E-state index in [2.05, 4.69) is 0 Å². The van der Waals surface area contributed by atoms with Crippen LogP contribution in [0, 0.1) is 5.41 Å². The monoisotopic (exact) mass is 298 g/mol. The molecule has 0 radical (unpaired) electrons. The first-order valence-corrected chi connectivity index (χ1v) is 7.12. The molecule has 1 aromatic carbocycles. The van der Waals surface area contributed by atoms with Gasteiger partial charge in [0.1, 0.15) is 6.61 Å². The zero-order valence-electron chi connectivity index (χ0n) is 12.1. The van der Waals surface area contributed by atoms with Crippen LogP contribution >= 0.6 is 0 Å². The minimum Gasteiger partial charge on any atom is -0.445 e. The lowest BCUT2D eigenvalue weighted by Crippen LogP contribution is -2.49. The Morgan fingerprint density at radius 1 is 1.27 bits per heavy atom. The summed E-state index contributed by atoms with van der Waals surface area (Å²) >= 11 is 0. The van der Waals surface area contributed by atoms with Gasteiger partial charge in [-0.15, -0.1) is 0 Å². The summed E-state index contributed by atoms with van der Waals surface area (Å²) in [5, 5.41) is 7.25. The van der Waals surface area contributed by atoms with Gasteiger partial charge in [-0.05, 0) is 17.7 Å². The Kier molecular flexibility index (Phi) is 3.82. The smallest absolute Gasteiger partial charge is 0.410 e. The highest BCUT2D eigenvalue weighted by Crippen LogP contribution is 2.27. The first-order chi connectivity index (χ1) is 10.7. The number of aromatic nitrogens is 1. The molecule has 2 aromatic rings. The quantitative estimate of drug-likeness (QED) is 0.668. The SMILES string of the molecule is N=Cc1ccc(C2CN(C(=O)OCc3ccccc3)C2)n1N. The van der Waals surface area contributed by atoms with Crippen molar-refractivity contribution in [1.29, 1.82) is 5.41 Å². The predicted octanol–water partition coefficient (Wildman–Crippen LogP) is 1.94. The number of nitrogen functional groups attached to an aromatic ring is 1. The average molecular weight is 298 g/mol. The van der Waals surface area contributed by atoms with Gasteiger partial charge in [-0.2, -0.15) is 0 Å². The summed E-state index contributed by atoms with van der Waals surface area (Å²) in [5.41, 5.74) is 2.56. The van der Waals surface area contributed by atoms with Crippen LogP contribution in [-0.2, 0) is 11.3 Å². The second-order valence-corrected chi connectivity index (χ2v) is 5.34. The molecule has 6 heteroatoms. The fourth-order valence-electron chi connectivity index (χ4n) is 2.56. The highest BCUT2D eigenvalue weighted by molar-refractivity contribution is 5.75. The van der Waals surface area contributed by atoms with Gasteiger partial charge in [-0.3, -0.25) is 4.68 Å². The third kappa shape index (κ3) is 2.67. The lowest BCUT2D eigenvalue weighted by Gasteiger charge is -2.38. The van der Waals surface area contributed by atoms with E-state index in [1.165, 1.54) is 10.9 Å². The first-order valence-electron chi connectivity index (χ1n) is 7.12. The lowest BCUT2D eigenvalue weighted by atomic mass is 9.97. The van der Waals surface area contributed by atoms with E-state index in [0.717, 1.165) is 11.3 Å². The van der Waals surface area contributed by atoms with Gasteiger partial charge in [-0.1, -0.05) is 30.3 Å². The summed E-state index contributed by atoms with van der Waals surface area (Å²) in [6.45, 7) is 1.46. The van der Waals surface area contributed by atoms with E-state index in [-0.39, 0.29) is 18.6 Å². The molecule has 114 valence electrons. The van der Waals surface area contributed by atoms with Gasteiger partial charge in [0, 0.05) is 30.9 Å². The number of hydrogen-bond donors (Lipinski definition) is 2. The second kappa shape index (κ2) is 5.93.